The first-order valence-electron chi connectivity index (χ1n) is 7.85. The van der Waals surface area contributed by atoms with E-state index in [0.29, 0.717) is 38.3 Å². The van der Waals surface area contributed by atoms with Crippen molar-refractivity contribution >= 4 is 11.9 Å². The van der Waals surface area contributed by atoms with Gasteiger partial charge in [0, 0.05) is 13.1 Å². The number of carbonyl (C=O) groups excluding carboxylic acids is 2. The fourth-order valence-corrected chi connectivity index (χ4v) is 2.53. The maximum Gasteiger partial charge on any atom is 0.309 e. The van der Waals surface area contributed by atoms with Crippen molar-refractivity contribution in [1.29, 1.82) is 0 Å². The molecule has 0 unspecified atom stereocenters. The molecule has 0 aromatic heterocycles. The molecule has 0 saturated carbocycles. The SMILES string of the molecule is CCOC(=O)C1CCN(C(=O)COc2ccc(OC)cc2)CC1. The molecule has 1 aliphatic heterocycles. The predicted molar refractivity (Wildman–Crippen MR) is 84.4 cm³/mol. The molecule has 2 rings (SSSR count). The fourth-order valence-electron chi connectivity index (χ4n) is 2.53. The molecule has 0 bridgehead atoms. The topological polar surface area (TPSA) is 65.1 Å². The lowest BCUT2D eigenvalue weighted by atomic mass is 9.97. The number of benzene rings is 1. The van der Waals surface area contributed by atoms with Gasteiger partial charge >= 0.3 is 5.97 Å². The zero-order valence-electron chi connectivity index (χ0n) is 13.6. The Morgan fingerprint density at radius 1 is 1.13 bits per heavy atom. The van der Waals surface area contributed by atoms with E-state index in [1.165, 1.54) is 0 Å². The van der Waals surface area contributed by atoms with E-state index >= 15 is 0 Å². The van der Waals surface area contributed by atoms with Crippen LogP contribution in [0.25, 0.3) is 0 Å². The van der Waals surface area contributed by atoms with E-state index in [-0.39, 0.29) is 24.4 Å². The Morgan fingerprint density at radius 2 is 1.74 bits per heavy atom. The van der Waals surface area contributed by atoms with Crippen molar-refractivity contribution in [2.45, 2.75) is 19.8 Å². The third kappa shape index (κ3) is 4.87. The average molecular weight is 321 g/mol. The molecular formula is C17H23NO5. The quantitative estimate of drug-likeness (QED) is 0.749. The van der Waals surface area contributed by atoms with E-state index in [9.17, 15) is 9.59 Å². The number of nitrogens with zero attached hydrogens (tertiary/aromatic N) is 1. The van der Waals surface area contributed by atoms with Crippen LogP contribution in [0.15, 0.2) is 24.3 Å². The minimum absolute atomic E-state index is 0.00357. The number of amides is 1. The Labute approximate surface area is 136 Å². The maximum absolute atomic E-state index is 12.2. The van der Waals surface area contributed by atoms with Crippen LogP contribution in [0.3, 0.4) is 0 Å². The summed E-state index contributed by atoms with van der Waals surface area (Å²) in [6, 6.07) is 7.09. The monoisotopic (exact) mass is 321 g/mol. The highest BCUT2D eigenvalue weighted by Gasteiger charge is 2.28. The van der Waals surface area contributed by atoms with Gasteiger partial charge in [-0.05, 0) is 44.0 Å². The normalized spacial score (nSPS) is 15.1. The van der Waals surface area contributed by atoms with E-state index in [4.69, 9.17) is 14.2 Å². The number of piperidine rings is 1. The number of rotatable bonds is 6. The van der Waals surface area contributed by atoms with Gasteiger partial charge in [0.15, 0.2) is 6.61 Å². The van der Waals surface area contributed by atoms with E-state index in [2.05, 4.69) is 0 Å². The number of hydrogen-bond acceptors (Lipinski definition) is 5. The predicted octanol–water partition coefficient (Wildman–Crippen LogP) is 1.88. The minimum Gasteiger partial charge on any atom is -0.497 e. The van der Waals surface area contributed by atoms with Crippen molar-refractivity contribution in [1.82, 2.24) is 4.90 Å². The van der Waals surface area contributed by atoms with E-state index < -0.39 is 0 Å². The number of esters is 1. The van der Waals surface area contributed by atoms with Crippen LogP contribution in [0.1, 0.15) is 19.8 Å². The smallest absolute Gasteiger partial charge is 0.309 e. The van der Waals surface area contributed by atoms with Crippen LogP contribution in [0, 0.1) is 5.92 Å². The summed E-state index contributed by atoms with van der Waals surface area (Å²) in [5, 5.41) is 0. The molecule has 0 spiro atoms. The number of likely N-dealkylation sites (tertiary alicyclic amines) is 1. The van der Waals surface area contributed by atoms with Crippen LogP contribution in [-0.2, 0) is 14.3 Å². The second kappa shape index (κ2) is 8.41. The fraction of sp³-hybridized carbons (Fsp3) is 0.529. The molecule has 0 atom stereocenters. The van der Waals surface area contributed by atoms with Gasteiger partial charge in [-0.25, -0.2) is 0 Å². The van der Waals surface area contributed by atoms with Crippen LogP contribution >= 0.6 is 0 Å². The minimum atomic E-state index is -0.158. The molecule has 0 radical (unpaired) electrons. The molecule has 1 heterocycles. The van der Waals surface area contributed by atoms with Crippen molar-refractivity contribution in [2.24, 2.45) is 5.92 Å². The van der Waals surface area contributed by atoms with Crippen molar-refractivity contribution in [3.8, 4) is 11.5 Å². The summed E-state index contributed by atoms with van der Waals surface area (Å²) in [6.45, 7) is 3.32. The third-order valence-corrected chi connectivity index (χ3v) is 3.89. The van der Waals surface area contributed by atoms with E-state index in [1.807, 2.05) is 0 Å². The first-order valence-corrected chi connectivity index (χ1v) is 7.85. The molecule has 126 valence electrons. The van der Waals surface area contributed by atoms with Crippen molar-refractivity contribution in [3.63, 3.8) is 0 Å². The van der Waals surface area contributed by atoms with Gasteiger partial charge in [0.25, 0.3) is 5.91 Å². The van der Waals surface area contributed by atoms with Gasteiger partial charge in [0.05, 0.1) is 19.6 Å². The van der Waals surface area contributed by atoms with Crippen LogP contribution < -0.4 is 9.47 Å². The zero-order valence-corrected chi connectivity index (χ0v) is 13.6. The molecule has 23 heavy (non-hydrogen) atoms. The van der Waals surface area contributed by atoms with Gasteiger partial charge in [-0.3, -0.25) is 9.59 Å². The van der Waals surface area contributed by atoms with Crippen molar-refractivity contribution in [2.75, 3.05) is 33.4 Å². The van der Waals surface area contributed by atoms with Gasteiger partial charge in [0.2, 0.25) is 0 Å². The van der Waals surface area contributed by atoms with Gasteiger partial charge < -0.3 is 19.1 Å². The number of methoxy groups -OCH3 is 1. The summed E-state index contributed by atoms with van der Waals surface area (Å²) in [5.74, 6) is 1.05. The zero-order chi connectivity index (χ0) is 16.7. The third-order valence-electron chi connectivity index (χ3n) is 3.89. The largest absolute Gasteiger partial charge is 0.497 e. The van der Waals surface area contributed by atoms with Gasteiger partial charge in [-0.15, -0.1) is 0 Å². The lowest BCUT2D eigenvalue weighted by molar-refractivity contribution is -0.151. The molecule has 1 fully saturated rings. The summed E-state index contributed by atoms with van der Waals surface area (Å²) in [4.78, 5) is 25.6. The summed E-state index contributed by atoms with van der Waals surface area (Å²) < 4.78 is 15.6. The summed E-state index contributed by atoms with van der Waals surface area (Å²) >= 11 is 0. The Bertz CT molecular complexity index is 520. The second-order valence-corrected chi connectivity index (χ2v) is 5.37. The van der Waals surface area contributed by atoms with Gasteiger partial charge in [-0.1, -0.05) is 0 Å². The first kappa shape index (κ1) is 17.1. The van der Waals surface area contributed by atoms with Crippen molar-refractivity contribution < 1.29 is 23.8 Å². The van der Waals surface area contributed by atoms with Crippen molar-refractivity contribution in [3.05, 3.63) is 24.3 Å². The van der Waals surface area contributed by atoms with Crippen LogP contribution in [0.2, 0.25) is 0 Å². The van der Waals surface area contributed by atoms with Crippen LogP contribution in [-0.4, -0.2) is 50.2 Å². The van der Waals surface area contributed by atoms with Crippen LogP contribution in [0.5, 0.6) is 11.5 Å². The Morgan fingerprint density at radius 3 is 2.30 bits per heavy atom. The molecule has 0 N–H and O–H groups in total. The summed E-state index contributed by atoms with van der Waals surface area (Å²) in [6.07, 6.45) is 1.29. The number of hydrogen-bond donors (Lipinski definition) is 0. The van der Waals surface area contributed by atoms with Gasteiger partial charge in [-0.2, -0.15) is 0 Å². The lowest BCUT2D eigenvalue weighted by Gasteiger charge is -2.30. The molecule has 1 aromatic carbocycles. The number of carbonyl (C=O) groups is 2. The highest BCUT2D eigenvalue weighted by Crippen LogP contribution is 2.20. The highest BCUT2D eigenvalue weighted by atomic mass is 16.5. The Balaban J connectivity index is 1.75. The lowest BCUT2D eigenvalue weighted by Crippen LogP contribution is -2.42. The van der Waals surface area contributed by atoms with E-state index in [0.717, 1.165) is 5.75 Å². The number of ether oxygens (including phenoxy) is 3. The molecule has 1 amide bonds. The Hall–Kier alpha value is -2.24. The molecule has 1 saturated heterocycles. The molecule has 1 aliphatic rings. The molecule has 1 aromatic rings. The summed E-state index contributed by atoms with van der Waals surface area (Å²) in [5.41, 5.74) is 0. The standard InChI is InChI=1S/C17H23NO5/c1-3-22-17(20)13-8-10-18(11-9-13)16(19)12-23-15-6-4-14(21-2)5-7-15/h4-7,13H,3,8-12H2,1-2H3. The summed E-state index contributed by atoms with van der Waals surface area (Å²) in [7, 11) is 1.60. The average Bonchev–Trinajstić information content (AvgIpc) is 2.60. The second-order valence-electron chi connectivity index (χ2n) is 5.37. The highest BCUT2D eigenvalue weighted by molar-refractivity contribution is 5.78. The van der Waals surface area contributed by atoms with Crippen LogP contribution in [0.4, 0.5) is 0 Å². The first-order chi connectivity index (χ1) is 11.1. The molecule has 6 heteroatoms. The maximum atomic E-state index is 12.2. The molecule has 0 aliphatic carbocycles. The Kier molecular flexibility index (Phi) is 6.26. The van der Waals surface area contributed by atoms with E-state index in [1.54, 1.807) is 43.2 Å². The molecule has 6 nitrogen and oxygen atoms in total. The molecular weight excluding hydrogens is 298 g/mol. The van der Waals surface area contributed by atoms with Gasteiger partial charge in [0.1, 0.15) is 11.5 Å².